The molecule has 7 aliphatic rings. The maximum Gasteiger partial charge on any atom is 0.410 e. The van der Waals surface area contributed by atoms with Gasteiger partial charge in [0.1, 0.15) is 6.10 Å². The number of piperidine rings is 1. The SMILES string of the molecule is CS(=O)(=O)N1CCN(c2ccc(OCC3CC4CCC(C3)N4C(=O)OC3C4CC5CC(C(N)=O)(C4)CC3(C(N)=O)C5)nc2)CC1. The van der Waals surface area contributed by atoms with E-state index in [4.69, 9.17) is 20.9 Å². The summed E-state index contributed by atoms with van der Waals surface area (Å²) < 4.78 is 37.4. The first-order valence-electron chi connectivity index (χ1n) is 16.2. The van der Waals surface area contributed by atoms with Crippen molar-refractivity contribution in [1.29, 1.82) is 0 Å². The highest BCUT2D eigenvalue weighted by Crippen LogP contribution is 2.66. The molecule has 0 aromatic carbocycles. The van der Waals surface area contributed by atoms with E-state index in [1.165, 1.54) is 10.6 Å². The van der Waals surface area contributed by atoms with Crippen LogP contribution in [-0.2, 0) is 24.3 Å². The molecule has 3 saturated heterocycles. The molecular formula is C31H44N6O7S. The highest BCUT2D eigenvalue weighted by atomic mass is 32.2. The smallest absolute Gasteiger partial charge is 0.410 e. The molecule has 1 aromatic rings. The highest BCUT2D eigenvalue weighted by molar-refractivity contribution is 7.88. The van der Waals surface area contributed by atoms with Crippen molar-refractivity contribution in [2.24, 2.45) is 40.1 Å². The van der Waals surface area contributed by atoms with Gasteiger partial charge in [-0.05, 0) is 81.6 Å². The molecule has 3 aliphatic heterocycles. The van der Waals surface area contributed by atoms with Gasteiger partial charge in [-0.25, -0.2) is 18.2 Å². The normalized spacial score (nSPS) is 37.4. The summed E-state index contributed by atoms with van der Waals surface area (Å²) in [6.45, 7) is 2.63. The number of hydrogen-bond donors (Lipinski definition) is 2. The van der Waals surface area contributed by atoms with Crippen LogP contribution in [0.5, 0.6) is 5.88 Å². The Labute approximate surface area is 264 Å². The van der Waals surface area contributed by atoms with Crippen LogP contribution in [0.2, 0.25) is 0 Å². The van der Waals surface area contributed by atoms with E-state index in [2.05, 4.69) is 9.88 Å². The van der Waals surface area contributed by atoms with Gasteiger partial charge in [-0.2, -0.15) is 4.31 Å². The molecule has 1 aromatic heterocycles. The van der Waals surface area contributed by atoms with Gasteiger partial charge in [-0.15, -0.1) is 0 Å². The van der Waals surface area contributed by atoms with Gasteiger partial charge < -0.3 is 30.7 Å². The second-order valence-corrected chi connectivity index (χ2v) is 16.5. The molecule has 4 aliphatic carbocycles. The van der Waals surface area contributed by atoms with Crippen molar-refractivity contribution in [3.63, 3.8) is 0 Å². The predicted octanol–water partition coefficient (Wildman–Crippen LogP) is 1.46. The van der Waals surface area contributed by atoms with Crippen LogP contribution in [0.3, 0.4) is 0 Å². The second kappa shape index (κ2) is 11.0. The fourth-order valence-corrected chi connectivity index (χ4v) is 10.8. The zero-order valence-corrected chi connectivity index (χ0v) is 26.6. The standard InChI is InChI=1S/C31H44N6O7S/c1-45(41,42)36-8-6-35(7-9-36)24-4-5-25(34-16-24)43-17-19-11-22-2-3-23(12-19)37(22)29(40)44-26-21-10-20-13-30(15-21,27(32)38)18-31(26,14-20)28(33)39/h4-5,16,19-23,26H,2-3,6-15,17-18H2,1H3,(H2,32,38)(H2,33,39). The fraction of sp³-hybridized carbons (Fsp3) is 0.742. The molecule has 4 heterocycles. The predicted molar refractivity (Wildman–Crippen MR) is 163 cm³/mol. The Morgan fingerprint density at radius 3 is 2.29 bits per heavy atom. The van der Waals surface area contributed by atoms with Crippen LogP contribution < -0.4 is 21.1 Å². The number of piperazine rings is 1. The van der Waals surface area contributed by atoms with Gasteiger partial charge in [-0.1, -0.05) is 0 Å². The van der Waals surface area contributed by atoms with Crippen molar-refractivity contribution in [2.45, 2.75) is 76.0 Å². The Balaban J connectivity index is 0.940. The molecule has 45 heavy (non-hydrogen) atoms. The van der Waals surface area contributed by atoms with Crippen molar-refractivity contribution in [3.05, 3.63) is 18.3 Å². The van der Waals surface area contributed by atoms with E-state index >= 15 is 0 Å². The molecule has 14 heteroatoms. The van der Waals surface area contributed by atoms with Crippen molar-refractivity contribution in [3.8, 4) is 5.88 Å². The third-order valence-electron chi connectivity index (χ3n) is 11.8. The molecule has 4 saturated carbocycles. The number of pyridine rings is 1. The third kappa shape index (κ3) is 5.31. The summed E-state index contributed by atoms with van der Waals surface area (Å²) in [6.07, 6.45) is 8.30. The fourth-order valence-electron chi connectivity index (χ4n) is 9.97. The highest BCUT2D eigenvalue weighted by Gasteiger charge is 2.68. The van der Waals surface area contributed by atoms with Crippen LogP contribution in [0, 0.1) is 28.6 Å². The van der Waals surface area contributed by atoms with Crippen LogP contribution in [0.25, 0.3) is 0 Å². The minimum atomic E-state index is -3.18. The van der Waals surface area contributed by atoms with Gasteiger partial charge in [0.25, 0.3) is 0 Å². The lowest BCUT2D eigenvalue weighted by Gasteiger charge is -2.62. The number of nitrogens with zero attached hydrogens (tertiary/aromatic N) is 4. The first-order chi connectivity index (χ1) is 21.4. The summed E-state index contributed by atoms with van der Waals surface area (Å²) in [6, 6.07) is 3.89. The van der Waals surface area contributed by atoms with E-state index in [-0.39, 0.29) is 48.3 Å². The molecule has 13 nitrogen and oxygen atoms in total. The summed E-state index contributed by atoms with van der Waals surface area (Å²) in [5, 5.41) is 0. The Hall–Kier alpha value is -3.13. The van der Waals surface area contributed by atoms with Gasteiger partial charge >= 0.3 is 6.09 Å². The quantitative estimate of drug-likeness (QED) is 0.424. The summed E-state index contributed by atoms with van der Waals surface area (Å²) >= 11 is 0. The summed E-state index contributed by atoms with van der Waals surface area (Å²) in [7, 11) is -3.18. The molecular weight excluding hydrogens is 600 g/mol. The van der Waals surface area contributed by atoms with Gasteiger partial charge in [0.15, 0.2) is 0 Å². The largest absolute Gasteiger partial charge is 0.477 e. The van der Waals surface area contributed by atoms with Gasteiger partial charge in [0.05, 0.1) is 35.6 Å². The van der Waals surface area contributed by atoms with Crippen molar-refractivity contribution < 1.29 is 32.3 Å². The molecule has 7 fully saturated rings. The monoisotopic (exact) mass is 644 g/mol. The molecule has 6 bridgehead atoms. The molecule has 8 rings (SSSR count). The molecule has 7 unspecified atom stereocenters. The van der Waals surface area contributed by atoms with Crippen LogP contribution in [0.1, 0.15) is 57.8 Å². The molecule has 3 amide bonds. The number of amides is 3. The van der Waals surface area contributed by atoms with Gasteiger partial charge in [0, 0.05) is 44.3 Å². The van der Waals surface area contributed by atoms with Crippen LogP contribution in [0.4, 0.5) is 10.5 Å². The maximum absolute atomic E-state index is 13.7. The molecule has 0 radical (unpaired) electrons. The number of nitrogens with two attached hydrogens (primary N) is 2. The summed E-state index contributed by atoms with van der Waals surface area (Å²) in [5.74, 6) is 0.0547. The third-order valence-corrected chi connectivity index (χ3v) is 13.1. The average molecular weight is 645 g/mol. The number of primary amides is 2. The Bertz CT molecular complexity index is 1450. The first kappa shape index (κ1) is 30.5. The van der Waals surface area contributed by atoms with Gasteiger partial charge in [0.2, 0.25) is 27.7 Å². The number of fused-ring (bicyclic) bond motifs is 2. The topological polar surface area (TPSA) is 178 Å². The zero-order valence-electron chi connectivity index (χ0n) is 25.8. The van der Waals surface area contributed by atoms with Crippen molar-refractivity contribution in [2.75, 3.05) is 43.9 Å². The first-order valence-corrected chi connectivity index (χ1v) is 18.1. The minimum absolute atomic E-state index is 0.0455. The lowest BCUT2D eigenvalue weighted by molar-refractivity contribution is -0.198. The number of anilines is 1. The molecule has 0 spiro atoms. The Morgan fingerprint density at radius 1 is 0.978 bits per heavy atom. The van der Waals surface area contributed by atoms with Crippen LogP contribution in [-0.4, -0.2) is 97.7 Å². The lowest BCUT2D eigenvalue weighted by atomic mass is 9.42. The maximum atomic E-state index is 13.7. The number of rotatable bonds is 8. The van der Waals surface area contributed by atoms with Crippen molar-refractivity contribution >= 4 is 33.6 Å². The Morgan fingerprint density at radius 2 is 1.69 bits per heavy atom. The lowest BCUT2D eigenvalue weighted by Crippen LogP contribution is -2.68. The number of aromatic nitrogens is 1. The number of carbonyl (C=O) groups excluding carboxylic acids is 3. The Kier molecular flexibility index (Phi) is 7.46. The molecule has 4 N–H and O–H groups in total. The van der Waals surface area contributed by atoms with E-state index in [0.29, 0.717) is 57.9 Å². The van der Waals surface area contributed by atoms with E-state index in [0.717, 1.165) is 37.8 Å². The number of carbonyl (C=O) groups is 3. The number of ether oxygens (including phenoxy) is 2. The zero-order chi connectivity index (χ0) is 31.7. The van der Waals surface area contributed by atoms with E-state index in [1.807, 2.05) is 17.0 Å². The van der Waals surface area contributed by atoms with Gasteiger partial charge in [-0.3, -0.25) is 9.59 Å². The van der Waals surface area contributed by atoms with Crippen LogP contribution >= 0.6 is 0 Å². The number of hydrogen-bond acceptors (Lipinski definition) is 9. The second-order valence-electron chi connectivity index (χ2n) is 14.6. The number of sulfonamides is 1. The van der Waals surface area contributed by atoms with E-state index in [9.17, 15) is 22.8 Å². The van der Waals surface area contributed by atoms with E-state index in [1.54, 1.807) is 6.20 Å². The van der Waals surface area contributed by atoms with Crippen molar-refractivity contribution in [1.82, 2.24) is 14.2 Å². The minimum Gasteiger partial charge on any atom is -0.477 e. The molecule has 246 valence electrons. The average Bonchev–Trinajstić information content (AvgIpc) is 3.27. The molecule has 7 atom stereocenters. The van der Waals surface area contributed by atoms with Crippen LogP contribution in [0.15, 0.2) is 18.3 Å². The summed E-state index contributed by atoms with van der Waals surface area (Å²) in [4.78, 5) is 47.7. The summed E-state index contributed by atoms with van der Waals surface area (Å²) in [5.41, 5.74) is 11.0. The van der Waals surface area contributed by atoms with E-state index < -0.39 is 32.9 Å².